The van der Waals surface area contributed by atoms with Gasteiger partial charge in [0.2, 0.25) is 17.6 Å². The van der Waals surface area contributed by atoms with Crippen LogP contribution in [0.2, 0.25) is 0 Å². The predicted molar refractivity (Wildman–Crippen MR) is 119 cm³/mol. The Morgan fingerprint density at radius 1 is 1.19 bits per heavy atom. The van der Waals surface area contributed by atoms with Crippen LogP contribution in [0, 0.1) is 0 Å². The minimum Gasteiger partial charge on any atom is -0.338 e. The molecule has 158 valence electrons. The highest BCUT2D eigenvalue weighted by molar-refractivity contribution is 7.98. The second-order valence-corrected chi connectivity index (χ2v) is 8.23. The van der Waals surface area contributed by atoms with E-state index in [1.807, 2.05) is 41.0 Å². The van der Waals surface area contributed by atoms with E-state index in [2.05, 4.69) is 51.6 Å². The lowest BCUT2D eigenvalue weighted by atomic mass is 10.0. The van der Waals surface area contributed by atoms with Crippen molar-refractivity contribution >= 4 is 23.4 Å². The monoisotopic (exact) mass is 434 g/mol. The molecule has 8 nitrogen and oxygen atoms in total. The molecule has 0 spiro atoms. The van der Waals surface area contributed by atoms with E-state index in [-0.39, 0.29) is 5.91 Å². The number of thioether (sulfide) groups is 1. The average Bonchev–Trinajstić information content (AvgIpc) is 3.41. The fraction of sp³-hybridized carbons (Fsp3) is 0.227. The predicted octanol–water partition coefficient (Wildman–Crippen LogP) is 4.69. The Labute approximate surface area is 184 Å². The molecule has 0 fully saturated rings. The first-order chi connectivity index (χ1) is 15.0. The first kappa shape index (κ1) is 20.8. The van der Waals surface area contributed by atoms with Crippen molar-refractivity contribution < 1.29 is 9.32 Å². The maximum atomic E-state index is 11.3. The molecule has 0 bridgehead atoms. The molecule has 0 aliphatic heterocycles. The first-order valence-corrected chi connectivity index (χ1v) is 10.8. The van der Waals surface area contributed by atoms with Crippen LogP contribution in [0.1, 0.15) is 38.1 Å². The molecule has 0 saturated heterocycles. The quantitative estimate of drug-likeness (QED) is 0.421. The summed E-state index contributed by atoms with van der Waals surface area (Å²) >= 11 is 1.44. The number of anilines is 1. The van der Waals surface area contributed by atoms with Gasteiger partial charge in [0.15, 0.2) is 5.16 Å². The molecule has 4 rings (SSSR count). The summed E-state index contributed by atoms with van der Waals surface area (Å²) in [5, 5.41) is 15.8. The molecule has 4 aromatic rings. The van der Waals surface area contributed by atoms with E-state index in [4.69, 9.17) is 4.52 Å². The summed E-state index contributed by atoms with van der Waals surface area (Å²) in [6.45, 7) is 5.80. The molecular weight excluding hydrogens is 412 g/mol. The zero-order valence-electron chi connectivity index (χ0n) is 17.4. The first-order valence-electron chi connectivity index (χ1n) is 9.83. The van der Waals surface area contributed by atoms with Gasteiger partial charge in [-0.25, -0.2) is 0 Å². The number of hydrogen-bond donors (Lipinski definition) is 1. The van der Waals surface area contributed by atoms with Gasteiger partial charge in [-0.1, -0.05) is 61.1 Å². The van der Waals surface area contributed by atoms with E-state index in [1.165, 1.54) is 24.2 Å². The van der Waals surface area contributed by atoms with E-state index < -0.39 is 0 Å². The van der Waals surface area contributed by atoms with E-state index in [0.29, 0.717) is 34.2 Å². The van der Waals surface area contributed by atoms with Crippen LogP contribution < -0.4 is 5.32 Å². The van der Waals surface area contributed by atoms with Gasteiger partial charge < -0.3 is 9.84 Å². The molecule has 0 atom stereocenters. The van der Waals surface area contributed by atoms with Crippen molar-refractivity contribution in [1.82, 2.24) is 24.9 Å². The van der Waals surface area contributed by atoms with Crippen molar-refractivity contribution in [3.63, 3.8) is 0 Å². The Morgan fingerprint density at radius 3 is 2.74 bits per heavy atom. The molecule has 2 aromatic carbocycles. The summed E-state index contributed by atoms with van der Waals surface area (Å²) in [5.41, 5.74) is 3.74. The Morgan fingerprint density at radius 2 is 2.00 bits per heavy atom. The molecule has 0 aliphatic rings. The molecule has 1 N–H and O–H groups in total. The van der Waals surface area contributed by atoms with Crippen LogP contribution >= 0.6 is 11.8 Å². The molecule has 0 unspecified atom stereocenters. The summed E-state index contributed by atoms with van der Waals surface area (Å²) in [5.74, 6) is 1.88. The van der Waals surface area contributed by atoms with Gasteiger partial charge in [-0.05, 0) is 29.7 Å². The van der Waals surface area contributed by atoms with Gasteiger partial charge in [0.1, 0.15) is 6.33 Å². The highest BCUT2D eigenvalue weighted by Gasteiger charge is 2.13. The number of amides is 1. The number of carbonyl (C=O) groups excluding carboxylic acids is 1. The highest BCUT2D eigenvalue weighted by atomic mass is 32.2. The average molecular weight is 435 g/mol. The second-order valence-electron chi connectivity index (χ2n) is 7.29. The molecule has 1 amide bonds. The number of nitrogens with zero attached hydrogens (tertiary/aromatic N) is 5. The summed E-state index contributed by atoms with van der Waals surface area (Å²) < 4.78 is 7.26. The van der Waals surface area contributed by atoms with Crippen LogP contribution in [0.3, 0.4) is 0 Å². The lowest BCUT2D eigenvalue weighted by Crippen LogP contribution is -2.06. The fourth-order valence-electron chi connectivity index (χ4n) is 3.01. The van der Waals surface area contributed by atoms with Crippen molar-refractivity contribution in [1.29, 1.82) is 0 Å². The number of hydrogen-bond acceptors (Lipinski definition) is 7. The van der Waals surface area contributed by atoms with Crippen molar-refractivity contribution in [2.45, 2.75) is 37.6 Å². The maximum absolute atomic E-state index is 11.3. The number of carbonyl (C=O) groups is 1. The molecule has 0 radical (unpaired) electrons. The Kier molecular flexibility index (Phi) is 6.13. The van der Waals surface area contributed by atoms with Gasteiger partial charge in [0.05, 0.1) is 11.4 Å². The molecule has 9 heteroatoms. The van der Waals surface area contributed by atoms with Crippen molar-refractivity contribution in [3.05, 3.63) is 66.3 Å². The van der Waals surface area contributed by atoms with Crippen molar-refractivity contribution in [3.8, 4) is 17.1 Å². The molecule has 2 heterocycles. The summed E-state index contributed by atoms with van der Waals surface area (Å²) in [6, 6.07) is 15.7. The van der Waals surface area contributed by atoms with Crippen molar-refractivity contribution in [2.24, 2.45) is 0 Å². The Hall–Kier alpha value is -3.46. The molecule has 2 aromatic heterocycles. The summed E-state index contributed by atoms with van der Waals surface area (Å²) in [4.78, 5) is 15.8. The lowest BCUT2D eigenvalue weighted by Gasteiger charge is -2.08. The smallest absolute Gasteiger partial charge is 0.237 e. The van der Waals surface area contributed by atoms with E-state index in [0.717, 1.165) is 11.3 Å². The minimum atomic E-state index is -0.124. The van der Waals surface area contributed by atoms with Gasteiger partial charge in [-0.2, -0.15) is 4.98 Å². The highest BCUT2D eigenvalue weighted by Crippen LogP contribution is 2.26. The molecular formula is C22H22N6O2S. The molecule has 0 saturated carbocycles. The van der Waals surface area contributed by atoms with Crippen LogP contribution in [0.25, 0.3) is 17.1 Å². The van der Waals surface area contributed by atoms with Crippen LogP contribution in [0.15, 0.2) is 64.5 Å². The van der Waals surface area contributed by atoms with E-state index >= 15 is 0 Å². The Bertz CT molecular complexity index is 1180. The van der Waals surface area contributed by atoms with Gasteiger partial charge in [-0.3, -0.25) is 9.36 Å². The number of rotatable bonds is 7. The van der Waals surface area contributed by atoms with E-state index in [9.17, 15) is 4.79 Å². The maximum Gasteiger partial charge on any atom is 0.237 e. The standard InChI is InChI=1S/C22H22N6O2S/c1-14(2)16-7-9-17(10-8-16)21-25-20(30-27-21)12-31-22-26-23-13-28(22)19-6-4-5-18(11-19)24-15(3)29/h4-11,13-14H,12H2,1-3H3,(H,24,29). The van der Waals surface area contributed by atoms with Gasteiger partial charge in [0.25, 0.3) is 0 Å². The third-order valence-electron chi connectivity index (χ3n) is 4.59. The second kappa shape index (κ2) is 9.13. The van der Waals surface area contributed by atoms with Crippen LogP contribution in [0.4, 0.5) is 5.69 Å². The SMILES string of the molecule is CC(=O)Nc1cccc(-n2cnnc2SCc2nc(-c3ccc(C(C)C)cc3)no2)c1. The lowest BCUT2D eigenvalue weighted by molar-refractivity contribution is -0.114. The van der Waals surface area contributed by atoms with E-state index in [1.54, 1.807) is 6.33 Å². The number of nitrogens with one attached hydrogen (secondary N) is 1. The third kappa shape index (κ3) is 5.00. The van der Waals surface area contributed by atoms with Crippen LogP contribution in [0.5, 0.6) is 0 Å². The molecule has 0 aliphatic carbocycles. The minimum absolute atomic E-state index is 0.124. The summed E-state index contributed by atoms with van der Waals surface area (Å²) in [6.07, 6.45) is 1.63. The van der Waals surface area contributed by atoms with Crippen molar-refractivity contribution in [2.75, 3.05) is 5.32 Å². The van der Waals surface area contributed by atoms with Crippen LogP contribution in [-0.4, -0.2) is 30.8 Å². The zero-order chi connectivity index (χ0) is 21.8. The Balaban J connectivity index is 1.46. The summed E-state index contributed by atoms with van der Waals surface area (Å²) in [7, 11) is 0. The topological polar surface area (TPSA) is 98.7 Å². The van der Waals surface area contributed by atoms with Gasteiger partial charge in [0, 0.05) is 18.2 Å². The number of aromatic nitrogens is 5. The number of benzene rings is 2. The third-order valence-corrected chi connectivity index (χ3v) is 5.52. The largest absolute Gasteiger partial charge is 0.338 e. The van der Waals surface area contributed by atoms with Crippen LogP contribution in [-0.2, 0) is 10.5 Å². The fourth-order valence-corrected chi connectivity index (χ4v) is 3.78. The van der Waals surface area contributed by atoms with Gasteiger partial charge >= 0.3 is 0 Å². The zero-order valence-corrected chi connectivity index (χ0v) is 18.3. The molecule has 31 heavy (non-hydrogen) atoms. The normalized spacial score (nSPS) is 11.1. The van der Waals surface area contributed by atoms with Gasteiger partial charge in [-0.15, -0.1) is 10.2 Å².